The Morgan fingerprint density at radius 3 is 2.24 bits per heavy atom. The molecular formula is C15H16BrF. The molecule has 0 aromatic carbocycles. The van der Waals surface area contributed by atoms with Gasteiger partial charge in [-0.05, 0) is 76.1 Å². The van der Waals surface area contributed by atoms with Gasteiger partial charge in [-0.2, -0.15) is 0 Å². The fourth-order valence-corrected chi connectivity index (χ4v) is 8.04. The second-order valence-corrected chi connectivity index (χ2v) is 8.90. The second-order valence-electron chi connectivity index (χ2n) is 7.68. The molecule has 17 heavy (non-hydrogen) atoms. The summed E-state index contributed by atoms with van der Waals surface area (Å²) in [6, 6.07) is 0. The number of fused-ring (bicyclic) bond motifs is 7. The minimum absolute atomic E-state index is 0.368. The lowest BCUT2D eigenvalue weighted by Crippen LogP contribution is -2.29. The van der Waals surface area contributed by atoms with Gasteiger partial charge in [0.1, 0.15) is 0 Å². The number of halogens is 2. The molecule has 0 amide bonds. The predicted octanol–water partition coefficient (Wildman–Crippen LogP) is 3.92. The Morgan fingerprint density at radius 1 is 0.941 bits per heavy atom. The Bertz CT molecular complexity index is 485. The highest BCUT2D eigenvalue weighted by Crippen LogP contribution is 2.92. The van der Waals surface area contributed by atoms with Crippen molar-refractivity contribution in [3.63, 3.8) is 0 Å². The molecule has 0 aromatic rings. The van der Waals surface area contributed by atoms with E-state index in [1.165, 1.54) is 25.7 Å². The van der Waals surface area contributed by atoms with Crippen LogP contribution in [0.15, 0.2) is 12.2 Å². The minimum Gasteiger partial charge on any atom is -0.231 e. The summed E-state index contributed by atoms with van der Waals surface area (Å²) in [6.07, 6.45) is 10.5. The Morgan fingerprint density at radius 2 is 1.59 bits per heavy atom. The van der Waals surface area contributed by atoms with E-state index in [0.29, 0.717) is 28.6 Å². The first-order valence-corrected chi connectivity index (χ1v) is 7.98. The molecule has 0 radical (unpaired) electrons. The van der Waals surface area contributed by atoms with Gasteiger partial charge in [0, 0.05) is 11.8 Å². The zero-order valence-electron chi connectivity index (χ0n) is 9.70. The van der Waals surface area contributed by atoms with Crippen molar-refractivity contribution in [2.75, 3.05) is 0 Å². The van der Waals surface area contributed by atoms with E-state index >= 15 is 0 Å². The van der Waals surface area contributed by atoms with Crippen LogP contribution in [-0.4, -0.2) is 4.58 Å². The van der Waals surface area contributed by atoms with Gasteiger partial charge < -0.3 is 0 Å². The number of rotatable bonds is 0. The fourth-order valence-electron chi connectivity index (χ4n) is 6.86. The van der Waals surface area contributed by atoms with Gasteiger partial charge in [-0.15, -0.1) is 0 Å². The van der Waals surface area contributed by atoms with Crippen LogP contribution in [0.25, 0.3) is 0 Å². The van der Waals surface area contributed by atoms with Gasteiger partial charge in [-0.25, -0.2) is 4.39 Å². The highest BCUT2D eigenvalue weighted by molar-refractivity contribution is 9.10. The SMILES string of the molecule is F[C@]1(Br)[C@H]2[C@H]3[C@H]([C@@H]4C=C[C@@H]3C43CC3)C3(CC3)[C@H]21. The smallest absolute Gasteiger partial charge is 0.172 e. The Balaban J connectivity index is 1.57. The molecule has 90 valence electrons. The van der Waals surface area contributed by atoms with E-state index in [2.05, 4.69) is 28.1 Å². The zero-order chi connectivity index (χ0) is 11.2. The van der Waals surface area contributed by atoms with Crippen molar-refractivity contribution in [1.82, 2.24) is 0 Å². The fraction of sp³-hybridized carbons (Fsp3) is 0.867. The van der Waals surface area contributed by atoms with Crippen LogP contribution in [0.2, 0.25) is 0 Å². The monoisotopic (exact) mass is 294 g/mol. The molecule has 2 bridgehead atoms. The van der Waals surface area contributed by atoms with Crippen LogP contribution in [0.5, 0.6) is 0 Å². The van der Waals surface area contributed by atoms with E-state index in [9.17, 15) is 4.39 Å². The topological polar surface area (TPSA) is 0 Å². The standard InChI is InChI=1S/C15H16BrF/c16-15(17)11-9-7-1-2-8(13(7)3-4-13)10(9)14(5-6-14)12(11)15/h1-2,7-12H,3-6H2/t7-,8-,9+,10-,11-,12-,15+/m0/s1. The molecule has 5 saturated carbocycles. The van der Waals surface area contributed by atoms with E-state index in [4.69, 9.17) is 0 Å². The van der Waals surface area contributed by atoms with Crippen LogP contribution >= 0.6 is 15.9 Å². The van der Waals surface area contributed by atoms with E-state index in [0.717, 1.165) is 17.8 Å². The third kappa shape index (κ3) is 0.676. The summed E-state index contributed by atoms with van der Waals surface area (Å²) in [6.45, 7) is 0. The van der Waals surface area contributed by atoms with Crippen LogP contribution < -0.4 is 0 Å². The number of allylic oxidation sites excluding steroid dienone is 2. The molecule has 0 aromatic heterocycles. The summed E-state index contributed by atoms with van der Waals surface area (Å²) < 4.78 is 13.6. The van der Waals surface area contributed by atoms with Crippen molar-refractivity contribution in [1.29, 1.82) is 0 Å². The highest BCUT2D eigenvalue weighted by atomic mass is 79.9. The molecule has 7 atom stereocenters. The maximum atomic E-state index is 14.6. The molecule has 0 saturated heterocycles. The Hall–Kier alpha value is 0.150. The number of hydrogen-bond acceptors (Lipinski definition) is 0. The van der Waals surface area contributed by atoms with Gasteiger partial charge in [0.25, 0.3) is 0 Å². The molecule has 0 N–H and O–H groups in total. The summed E-state index contributed by atoms with van der Waals surface area (Å²) in [7, 11) is 0. The normalized spacial score (nSPS) is 68.6. The zero-order valence-corrected chi connectivity index (χ0v) is 11.3. The molecule has 0 aliphatic heterocycles. The summed E-state index contributed by atoms with van der Waals surface area (Å²) >= 11 is 3.42. The van der Waals surface area contributed by atoms with E-state index in [-0.39, 0.29) is 0 Å². The van der Waals surface area contributed by atoms with Gasteiger partial charge >= 0.3 is 0 Å². The van der Waals surface area contributed by atoms with Crippen molar-refractivity contribution in [3.05, 3.63) is 12.2 Å². The predicted molar refractivity (Wildman–Crippen MR) is 66.2 cm³/mol. The van der Waals surface area contributed by atoms with Crippen LogP contribution in [0.3, 0.4) is 0 Å². The number of alkyl halides is 2. The molecule has 0 heterocycles. The Kier molecular flexibility index (Phi) is 1.12. The van der Waals surface area contributed by atoms with Crippen LogP contribution in [-0.2, 0) is 0 Å². The quantitative estimate of drug-likeness (QED) is 0.469. The van der Waals surface area contributed by atoms with Crippen LogP contribution in [0.4, 0.5) is 4.39 Å². The highest BCUT2D eigenvalue weighted by Gasteiger charge is 2.90. The second kappa shape index (κ2) is 2.09. The maximum Gasteiger partial charge on any atom is 0.172 e. The third-order valence-corrected chi connectivity index (χ3v) is 8.55. The van der Waals surface area contributed by atoms with Crippen molar-refractivity contribution < 1.29 is 4.39 Å². The molecule has 6 aliphatic rings. The lowest BCUT2D eigenvalue weighted by molar-refractivity contribution is 0.165. The van der Waals surface area contributed by atoms with Gasteiger partial charge in [-0.1, -0.05) is 12.2 Å². The first-order chi connectivity index (χ1) is 8.13. The summed E-state index contributed by atoms with van der Waals surface area (Å²) in [5.74, 6) is 3.91. The first-order valence-electron chi connectivity index (χ1n) is 7.19. The largest absolute Gasteiger partial charge is 0.231 e. The van der Waals surface area contributed by atoms with Crippen molar-refractivity contribution >= 4 is 15.9 Å². The van der Waals surface area contributed by atoms with Crippen molar-refractivity contribution in [3.8, 4) is 0 Å². The van der Waals surface area contributed by atoms with Gasteiger partial charge in [0.15, 0.2) is 4.58 Å². The van der Waals surface area contributed by atoms with Gasteiger partial charge in [0.05, 0.1) is 0 Å². The van der Waals surface area contributed by atoms with Gasteiger partial charge in [0.2, 0.25) is 0 Å². The van der Waals surface area contributed by atoms with E-state index in [1.807, 2.05) is 0 Å². The van der Waals surface area contributed by atoms with Crippen molar-refractivity contribution in [2.24, 2.45) is 46.3 Å². The summed E-state index contributed by atoms with van der Waals surface area (Å²) in [4.78, 5) is 0. The van der Waals surface area contributed by atoms with Gasteiger partial charge in [-0.3, -0.25) is 0 Å². The molecule has 5 fully saturated rings. The first kappa shape index (κ1) is 9.12. The minimum atomic E-state index is -0.973. The molecule has 2 heteroatoms. The Labute approximate surface area is 109 Å². The molecule has 2 spiro atoms. The van der Waals surface area contributed by atoms with Crippen molar-refractivity contribution in [2.45, 2.75) is 30.3 Å². The average molecular weight is 295 g/mol. The molecular weight excluding hydrogens is 279 g/mol. The lowest BCUT2D eigenvalue weighted by atomic mass is 9.74. The van der Waals surface area contributed by atoms with E-state index < -0.39 is 4.58 Å². The maximum absolute atomic E-state index is 14.6. The molecule has 0 nitrogen and oxygen atoms in total. The number of hydrogen-bond donors (Lipinski definition) is 0. The van der Waals surface area contributed by atoms with Crippen LogP contribution in [0.1, 0.15) is 25.7 Å². The average Bonchev–Trinajstić information content (AvgIpc) is 3.13. The molecule has 6 rings (SSSR count). The summed E-state index contributed by atoms with van der Waals surface area (Å²) in [5, 5.41) is 0. The third-order valence-electron chi connectivity index (χ3n) is 7.53. The molecule has 6 aliphatic carbocycles. The van der Waals surface area contributed by atoms with Crippen LogP contribution in [0, 0.1) is 46.3 Å². The summed E-state index contributed by atoms with van der Waals surface area (Å²) in [5.41, 5.74) is 1.08. The lowest BCUT2D eigenvalue weighted by Gasteiger charge is -2.31. The molecule has 0 unspecified atom stereocenters. The van der Waals surface area contributed by atoms with E-state index in [1.54, 1.807) is 0 Å².